The number of para-hydroxylation sites is 1. The number of amides is 1. The Kier molecular flexibility index (Phi) is 3.94. The molecule has 0 aliphatic rings. The van der Waals surface area contributed by atoms with E-state index in [9.17, 15) is 4.79 Å². The largest absolute Gasteiger partial charge is 0.395 e. The lowest BCUT2D eigenvalue weighted by molar-refractivity contribution is 0.0769. The number of nitrogens with two attached hydrogens (primary N) is 1. The topological polar surface area (TPSA) is 91.5 Å². The van der Waals surface area contributed by atoms with E-state index in [1.165, 1.54) is 4.90 Å². The van der Waals surface area contributed by atoms with Crippen molar-refractivity contribution in [2.75, 3.05) is 25.6 Å². The van der Waals surface area contributed by atoms with Crippen LogP contribution in [0.1, 0.15) is 10.4 Å². The zero-order valence-corrected chi connectivity index (χ0v) is 10.6. The zero-order valence-electron chi connectivity index (χ0n) is 10.6. The lowest BCUT2D eigenvalue weighted by Crippen LogP contribution is -2.29. The third-order valence-corrected chi connectivity index (χ3v) is 2.88. The number of carbonyl (C=O) groups excluding carboxylic acids is 1. The molecule has 100 valence electrons. The summed E-state index contributed by atoms with van der Waals surface area (Å²) in [6.07, 6.45) is 0. The maximum Gasteiger partial charge on any atom is 0.254 e. The van der Waals surface area contributed by atoms with Gasteiger partial charge in [-0.05, 0) is 12.1 Å². The van der Waals surface area contributed by atoms with Crippen LogP contribution in [-0.2, 0) is 0 Å². The summed E-state index contributed by atoms with van der Waals surface area (Å²) in [5.41, 5.74) is 3.66. The summed E-state index contributed by atoms with van der Waals surface area (Å²) in [4.78, 5) is 18.1. The van der Waals surface area contributed by atoms with Crippen molar-refractivity contribution in [1.29, 1.82) is 0 Å². The molecule has 1 heterocycles. The number of likely N-dealkylation sites (N-methyl/N-ethyl adjacent to an activating group) is 1. The van der Waals surface area contributed by atoms with Crippen molar-refractivity contribution in [3.8, 4) is 0 Å². The van der Waals surface area contributed by atoms with E-state index in [0.29, 0.717) is 16.9 Å². The summed E-state index contributed by atoms with van der Waals surface area (Å²) in [7, 11) is 1.64. The molecule has 0 unspecified atom stereocenters. The van der Waals surface area contributed by atoms with Gasteiger partial charge in [0.25, 0.3) is 5.91 Å². The van der Waals surface area contributed by atoms with Crippen molar-refractivity contribution in [3.63, 3.8) is 0 Å². The number of fused-ring (bicyclic) bond motifs is 1. The van der Waals surface area contributed by atoms with E-state index in [1.54, 1.807) is 13.1 Å². The Bertz CT molecular complexity index is 600. The van der Waals surface area contributed by atoms with Gasteiger partial charge >= 0.3 is 0 Å². The first-order chi connectivity index (χ1) is 9.17. The molecule has 2 aromatic rings. The molecule has 0 saturated carbocycles. The van der Waals surface area contributed by atoms with E-state index < -0.39 is 0 Å². The van der Waals surface area contributed by atoms with Gasteiger partial charge in [0.1, 0.15) is 5.82 Å². The number of hydrazine groups is 1. The normalized spacial score (nSPS) is 10.5. The number of aliphatic hydroxyl groups is 1. The molecule has 0 aliphatic carbocycles. The minimum Gasteiger partial charge on any atom is -0.395 e. The highest BCUT2D eigenvalue weighted by molar-refractivity contribution is 6.06. The Balaban J connectivity index is 2.54. The SMILES string of the molecule is CN(CCO)C(=O)c1cc(NN)nc2ccccc12. The molecule has 0 aliphatic heterocycles. The third kappa shape index (κ3) is 2.64. The molecule has 6 nitrogen and oxygen atoms in total. The number of hydrogen-bond acceptors (Lipinski definition) is 5. The minimum atomic E-state index is -0.177. The van der Waals surface area contributed by atoms with Gasteiger partial charge in [-0.3, -0.25) is 4.79 Å². The second-order valence-electron chi connectivity index (χ2n) is 4.17. The van der Waals surface area contributed by atoms with E-state index in [-0.39, 0.29) is 19.1 Å². The number of nitrogen functional groups attached to an aromatic ring is 1. The molecule has 0 radical (unpaired) electrons. The lowest BCUT2D eigenvalue weighted by atomic mass is 10.1. The van der Waals surface area contributed by atoms with Crippen LogP contribution in [0.2, 0.25) is 0 Å². The number of pyridine rings is 1. The van der Waals surface area contributed by atoms with Gasteiger partial charge in [0, 0.05) is 19.0 Å². The number of aromatic nitrogens is 1. The van der Waals surface area contributed by atoms with Gasteiger partial charge in [0.15, 0.2) is 0 Å². The van der Waals surface area contributed by atoms with E-state index in [4.69, 9.17) is 10.9 Å². The van der Waals surface area contributed by atoms with Crippen LogP contribution in [0, 0.1) is 0 Å². The first-order valence-corrected chi connectivity index (χ1v) is 5.90. The number of nitrogens with one attached hydrogen (secondary N) is 1. The highest BCUT2D eigenvalue weighted by Crippen LogP contribution is 2.21. The fourth-order valence-corrected chi connectivity index (χ4v) is 1.88. The Hall–Kier alpha value is -2.18. The van der Waals surface area contributed by atoms with Gasteiger partial charge in [0.2, 0.25) is 0 Å². The zero-order chi connectivity index (χ0) is 13.8. The average Bonchev–Trinajstić information content (AvgIpc) is 2.45. The van der Waals surface area contributed by atoms with Crippen LogP contribution >= 0.6 is 0 Å². The number of anilines is 1. The molecule has 1 aromatic carbocycles. The van der Waals surface area contributed by atoms with Crippen molar-refractivity contribution >= 4 is 22.6 Å². The predicted octanol–water partition coefficient (Wildman–Crippen LogP) is 0.585. The molecular weight excluding hydrogens is 244 g/mol. The van der Waals surface area contributed by atoms with Crippen LogP contribution in [0.3, 0.4) is 0 Å². The summed E-state index contributed by atoms with van der Waals surface area (Å²) in [5, 5.41) is 9.67. The smallest absolute Gasteiger partial charge is 0.254 e. The van der Waals surface area contributed by atoms with Crippen LogP contribution in [-0.4, -0.2) is 41.1 Å². The average molecular weight is 260 g/mol. The molecule has 0 bridgehead atoms. The maximum atomic E-state index is 12.3. The van der Waals surface area contributed by atoms with Gasteiger partial charge in [0.05, 0.1) is 17.7 Å². The number of benzene rings is 1. The summed E-state index contributed by atoms with van der Waals surface area (Å²) < 4.78 is 0. The summed E-state index contributed by atoms with van der Waals surface area (Å²) in [5.74, 6) is 5.62. The third-order valence-electron chi connectivity index (χ3n) is 2.88. The summed E-state index contributed by atoms with van der Waals surface area (Å²) >= 11 is 0. The molecule has 0 atom stereocenters. The van der Waals surface area contributed by atoms with Crippen LogP contribution in [0.5, 0.6) is 0 Å². The molecule has 19 heavy (non-hydrogen) atoms. The highest BCUT2D eigenvalue weighted by Gasteiger charge is 2.16. The Labute approximate surface area is 110 Å². The number of hydrogen-bond donors (Lipinski definition) is 3. The maximum absolute atomic E-state index is 12.3. The number of aliphatic hydroxyl groups excluding tert-OH is 1. The minimum absolute atomic E-state index is 0.0761. The first-order valence-electron chi connectivity index (χ1n) is 5.90. The quantitative estimate of drug-likeness (QED) is 0.552. The van der Waals surface area contributed by atoms with E-state index in [1.807, 2.05) is 24.3 Å². The van der Waals surface area contributed by atoms with Crippen molar-refractivity contribution < 1.29 is 9.90 Å². The number of carbonyl (C=O) groups is 1. The van der Waals surface area contributed by atoms with Gasteiger partial charge < -0.3 is 15.4 Å². The number of nitrogens with zero attached hydrogens (tertiary/aromatic N) is 2. The monoisotopic (exact) mass is 260 g/mol. The standard InChI is InChI=1S/C13H16N4O2/c1-17(6-7-18)13(19)10-8-12(16-14)15-11-5-3-2-4-9(10)11/h2-5,8,18H,6-7,14H2,1H3,(H,15,16). The van der Waals surface area contributed by atoms with E-state index in [0.717, 1.165) is 5.39 Å². The molecule has 0 fully saturated rings. The van der Waals surface area contributed by atoms with E-state index >= 15 is 0 Å². The van der Waals surface area contributed by atoms with Gasteiger partial charge in [-0.1, -0.05) is 18.2 Å². The van der Waals surface area contributed by atoms with Crippen molar-refractivity contribution in [1.82, 2.24) is 9.88 Å². The molecule has 4 N–H and O–H groups in total. The van der Waals surface area contributed by atoms with Crippen LogP contribution in [0.15, 0.2) is 30.3 Å². The molecule has 6 heteroatoms. The van der Waals surface area contributed by atoms with Gasteiger partial charge in [-0.2, -0.15) is 0 Å². The molecular formula is C13H16N4O2. The predicted molar refractivity (Wildman–Crippen MR) is 73.6 cm³/mol. The highest BCUT2D eigenvalue weighted by atomic mass is 16.3. The number of rotatable bonds is 4. The van der Waals surface area contributed by atoms with Crippen LogP contribution < -0.4 is 11.3 Å². The van der Waals surface area contributed by atoms with Crippen molar-refractivity contribution in [2.24, 2.45) is 5.84 Å². The Morgan fingerprint density at radius 1 is 1.47 bits per heavy atom. The molecule has 1 amide bonds. The summed E-state index contributed by atoms with van der Waals surface area (Å²) in [6, 6.07) is 8.96. The second kappa shape index (κ2) is 5.64. The Morgan fingerprint density at radius 3 is 2.89 bits per heavy atom. The van der Waals surface area contributed by atoms with E-state index in [2.05, 4.69) is 10.4 Å². The molecule has 0 saturated heterocycles. The van der Waals surface area contributed by atoms with Crippen LogP contribution in [0.4, 0.5) is 5.82 Å². The van der Waals surface area contributed by atoms with Gasteiger partial charge in [-0.15, -0.1) is 0 Å². The van der Waals surface area contributed by atoms with Crippen molar-refractivity contribution in [2.45, 2.75) is 0 Å². The fourth-order valence-electron chi connectivity index (χ4n) is 1.88. The summed E-state index contributed by atoms with van der Waals surface area (Å²) in [6.45, 7) is 0.203. The Morgan fingerprint density at radius 2 is 2.21 bits per heavy atom. The van der Waals surface area contributed by atoms with Gasteiger partial charge in [-0.25, -0.2) is 10.8 Å². The molecule has 0 spiro atoms. The lowest BCUT2D eigenvalue weighted by Gasteiger charge is -2.17. The molecule has 2 rings (SSSR count). The molecule has 1 aromatic heterocycles. The van der Waals surface area contributed by atoms with Crippen LogP contribution in [0.25, 0.3) is 10.9 Å². The second-order valence-corrected chi connectivity index (χ2v) is 4.17. The first kappa shape index (κ1) is 13.3. The fraction of sp³-hybridized carbons (Fsp3) is 0.231. The van der Waals surface area contributed by atoms with Crippen molar-refractivity contribution in [3.05, 3.63) is 35.9 Å².